The summed E-state index contributed by atoms with van der Waals surface area (Å²) in [4.78, 5) is 29.2. The first kappa shape index (κ1) is 19.5. The fourth-order valence-electron chi connectivity index (χ4n) is 3.15. The average molecular weight is 407 g/mol. The van der Waals surface area contributed by atoms with Crippen LogP contribution < -0.4 is 4.74 Å². The summed E-state index contributed by atoms with van der Waals surface area (Å²) >= 11 is 12.2. The van der Waals surface area contributed by atoms with Crippen molar-refractivity contribution in [1.82, 2.24) is 9.80 Å². The van der Waals surface area contributed by atoms with E-state index in [0.29, 0.717) is 59.5 Å². The highest BCUT2D eigenvalue weighted by Gasteiger charge is 2.26. The lowest BCUT2D eigenvalue weighted by molar-refractivity contribution is 0.0717. The van der Waals surface area contributed by atoms with E-state index in [4.69, 9.17) is 27.9 Å². The Kier molecular flexibility index (Phi) is 6.24. The Morgan fingerprint density at radius 2 is 1.52 bits per heavy atom. The minimum absolute atomic E-state index is 0.0949. The number of para-hydroxylation sites is 1. The van der Waals surface area contributed by atoms with Gasteiger partial charge in [0.25, 0.3) is 11.8 Å². The Morgan fingerprint density at radius 3 is 2.19 bits per heavy atom. The van der Waals surface area contributed by atoms with Gasteiger partial charge in [0.1, 0.15) is 5.75 Å². The molecule has 0 radical (unpaired) electrons. The Morgan fingerprint density at radius 1 is 0.889 bits per heavy atom. The molecule has 27 heavy (non-hydrogen) atoms. The summed E-state index contributed by atoms with van der Waals surface area (Å²) in [5, 5.41) is 0.834. The molecule has 7 heteroatoms. The average Bonchev–Trinajstić information content (AvgIpc) is 2.95. The van der Waals surface area contributed by atoms with Crippen molar-refractivity contribution in [3.63, 3.8) is 0 Å². The molecule has 1 saturated heterocycles. The monoisotopic (exact) mass is 406 g/mol. The van der Waals surface area contributed by atoms with Crippen molar-refractivity contribution in [3.05, 3.63) is 63.6 Å². The van der Waals surface area contributed by atoms with Gasteiger partial charge < -0.3 is 14.5 Å². The van der Waals surface area contributed by atoms with Crippen molar-refractivity contribution in [2.24, 2.45) is 0 Å². The maximum atomic E-state index is 12.9. The first-order valence-corrected chi connectivity index (χ1v) is 9.43. The molecule has 1 aliphatic rings. The van der Waals surface area contributed by atoms with Crippen LogP contribution >= 0.6 is 23.2 Å². The third-order valence-electron chi connectivity index (χ3n) is 4.57. The normalized spacial score (nSPS) is 14.6. The molecule has 0 saturated carbocycles. The molecule has 0 N–H and O–H groups in total. The van der Waals surface area contributed by atoms with Crippen LogP contribution in [0.4, 0.5) is 0 Å². The van der Waals surface area contributed by atoms with E-state index in [1.165, 1.54) is 0 Å². The highest BCUT2D eigenvalue weighted by atomic mass is 35.5. The van der Waals surface area contributed by atoms with Gasteiger partial charge in [0.2, 0.25) is 0 Å². The van der Waals surface area contributed by atoms with Gasteiger partial charge in [-0.15, -0.1) is 0 Å². The summed E-state index contributed by atoms with van der Waals surface area (Å²) in [6.45, 7) is 2.00. The van der Waals surface area contributed by atoms with Crippen LogP contribution in [0.1, 0.15) is 27.1 Å². The summed E-state index contributed by atoms with van der Waals surface area (Å²) in [6, 6.07) is 12.0. The van der Waals surface area contributed by atoms with Crippen LogP contribution in [0.5, 0.6) is 5.75 Å². The van der Waals surface area contributed by atoms with Gasteiger partial charge in [-0.1, -0.05) is 35.3 Å². The molecule has 0 spiro atoms. The van der Waals surface area contributed by atoms with Crippen molar-refractivity contribution >= 4 is 35.0 Å². The molecule has 0 aromatic heterocycles. The van der Waals surface area contributed by atoms with Gasteiger partial charge in [-0.25, -0.2) is 0 Å². The zero-order valence-electron chi connectivity index (χ0n) is 15.0. The Bertz CT molecular complexity index is 857. The Balaban J connectivity index is 1.73. The summed E-state index contributed by atoms with van der Waals surface area (Å²) in [5.41, 5.74) is 0.909. The molecule has 3 rings (SSSR count). The predicted octanol–water partition coefficient (Wildman–Crippen LogP) is 3.99. The second-order valence-corrected chi connectivity index (χ2v) is 7.11. The second kappa shape index (κ2) is 8.63. The lowest BCUT2D eigenvalue weighted by atomic mass is 10.1. The number of methoxy groups -OCH3 is 1. The number of halogens is 2. The number of rotatable bonds is 3. The lowest BCUT2D eigenvalue weighted by Gasteiger charge is -2.23. The molecule has 2 aromatic carbocycles. The van der Waals surface area contributed by atoms with E-state index < -0.39 is 0 Å². The minimum Gasteiger partial charge on any atom is -0.496 e. The van der Waals surface area contributed by atoms with Crippen molar-refractivity contribution in [3.8, 4) is 5.75 Å². The van der Waals surface area contributed by atoms with Gasteiger partial charge >= 0.3 is 0 Å². The van der Waals surface area contributed by atoms with Crippen LogP contribution in [0.2, 0.25) is 10.0 Å². The summed E-state index contributed by atoms with van der Waals surface area (Å²) in [5.74, 6) is 0.280. The standard InChI is InChI=1S/C20H20Cl2N2O3/c1-27-18-6-3-2-5-15(18)19(25)23-9-4-10-24(12-11-23)20(26)16-13-14(21)7-8-17(16)22/h2-3,5-8,13H,4,9-12H2,1H3. The molecule has 1 aliphatic heterocycles. The third-order valence-corrected chi connectivity index (χ3v) is 5.13. The summed E-state index contributed by atoms with van der Waals surface area (Å²) in [6.07, 6.45) is 0.685. The first-order valence-electron chi connectivity index (χ1n) is 8.68. The smallest absolute Gasteiger partial charge is 0.257 e. The van der Waals surface area contributed by atoms with E-state index in [1.54, 1.807) is 47.2 Å². The molecule has 0 bridgehead atoms. The predicted molar refractivity (Wildman–Crippen MR) is 106 cm³/mol. The number of nitrogens with zero attached hydrogens (tertiary/aromatic N) is 2. The van der Waals surface area contributed by atoms with Gasteiger partial charge in [0.05, 0.1) is 23.3 Å². The fourth-order valence-corrected chi connectivity index (χ4v) is 3.52. The zero-order valence-corrected chi connectivity index (χ0v) is 16.5. The molecule has 0 unspecified atom stereocenters. The first-order chi connectivity index (χ1) is 13.0. The van der Waals surface area contributed by atoms with Crippen LogP contribution in [-0.2, 0) is 0 Å². The van der Waals surface area contributed by atoms with Crippen LogP contribution in [0.25, 0.3) is 0 Å². The van der Waals surface area contributed by atoms with Gasteiger partial charge in [0.15, 0.2) is 0 Å². The molecule has 2 amide bonds. The SMILES string of the molecule is COc1ccccc1C(=O)N1CCCN(C(=O)c2cc(Cl)ccc2Cl)CC1. The fraction of sp³-hybridized carbons (Fsp3) is 0.300. The number of benzene rings is 2. The Hall–Kier alpha value is -2.24. The highest BCUT2D eigenvalue weighted by Crippen LogP contribution is 2.24. The second-order valence-electron chi connectivity index (χ2n) is 6.26. The largest absolute Gasteiger partial charge is 0.496 e. The quantitative estimate of drug-likeness (QED) is 0.773. The topological polar surface area (TPSA) is 49.9 Å². The molecule has 2 aromatic rings. The third kappa shape index (κ3) is 4.37. The van der Waals surface area contributed by atoms with E-state index in [-0.39, 0.29) is 11.8 Å². The van der Waals surface area contributed by atoms with Crippen molar-refractivity contribution in [1.29, 1.82) is 0 Å². The van der Waals surface area contributed by atoms with Gasteiger partial charge in [-0.3, -0.25) is 9.59 Å². The minimum atomic E-state index is -0.172. The van der Waals surface area contributed by atoms with Crippen molar-refractivity contribution in [2.75, 3.05) is 33.3 Å². The molecule has 1 fully saturated rings. The molecule has 0 aliphatic carbocycles. The van der Waals surface area contributed by atoms with Crippen LogP contribution in [0.15, 0.2) is 42.5 Å². The molecule has 1 heterocycles. The van der Waals surface area contributed by atoms with E-state index in [2.05, 4.69) is 0 Å². The molecular formula is C20H20Cl2N2O3. The van der Waals surface area contributed by atoms with E-state index >= 15 is 0 Å². The van der Waals surface area contributed by atoms with Crippen LogP contribution in [-0.4, -0.2) is 54.9 Å². The summed E-state index contributed by atoms with van der Waals surface area (Å²) in [7, 11) is 1.55. The molecule has 5 nitrogen and oxygen atoms in total. The van der Waals surface area contributed by atoms with Crippen molar-refractivity contribution < 1.29 is 14.3 Å². The molecule has 0 atom stereocenters. The number of carbonyl (C=O) groups excluding carboxylic acids is 2. The van der Waals surface area contributed by atoms with Crippen LogP contribution in [0.3, 0.4) is 0 Å². The van der Waals surface area contributed by atoms with Gasteiger partial charge in [-0.05, 0) is 36.8 Å². The molecular weight excluding hydrogens is 387 g/mol. The number of carbonyl (C=O) groups is 2. The van der Waals surface area contributed by atoms with Gasteiger partial charge in [-0.2, -0.15) is 0 Å². The zero-order chi connectivity index (χ0) is 19.4. The maximum absolute atomic E-state index is 12.9. The Labute approximate surface area is 168 Å². The number of ether oxygens (including phenoxy) is 1. The number of hydrogen-bond donors (Lipinski definition) is 0. The van der Waals surface area contributed by atoms with Crippen molar-refractivity contribution in [2.45, 2.75) is 6.42 Å². The lowest BCUT2D eigenvalue weighted by Crippen LogP contribution is -2.37. The number of hydrogen-bond acceptors (Lipinski definition) is 3. The van der Waals surface area contributed by atoms with E-state index in [0.717, 1.165) is 0 Å². The van der Waals surface area contributed by atoms with E-state index in [1.807, 2.05) is 12.1 Å². The number of amides is 2. The maximum Gasteiger partial charge on any atom is 0.257 e. The summed E-state index contributed by atoms with van der Waals surface area (Å²) < 4.78 is 5.29. The van der Waals surface area contributed by atoms with Gasteiger partial charge in [0, 0.05) is 31.2 Å². The van der Waals surface area contributed by atoms with Crippen LogP contribution in [0, 0.1) is 0 Å². The molecule has 142 valence electrons. The van der Waals surface area contributed by atoms with E-state index in [9.17, 15) is 9.59 Å². The highest BCUT2D eigenvalue weighted by molar-refractivity contribution is 6.35.